The van der Waals surface area contributed by atoms with Crippen LogP contribution in [0.1, 0.15) is 31.7 Å². The minimum absolute atomic E-state index is 0.334. The Morgan fingerprint density at radius 3 is 2.54 bits per heavy atom. The SMILES string of the molecule is CC1(Sc2cccnc2-c2ccc(C#N)c3ccccc23)CCC1. The zero-order valence-electron chi connectivity index (χ0n) is 13.6. The summed E-state index contributed by atoms with van der Waals surface area (Å²) in [5.74, 6) is 0. The van der Waals surface area contributed by atoms with E-state index in [1.807, 2.05) is 54.4 Å². The molecule has 0 saturated heterocycles. The number of rotatable bonds is 3. The molecule has 3 heteroatoms. The molecule has 24 heavy (non-hydrogen) atoms. The van der Waals surface area contributed by atoms with Crippen LogP contribution < -0.4 is 0 Å². The summed E-state index contributed by atoms with van der Waals surface area (Å²) in [5.41, 5.74) is 2.84. The molecule has 0 spiro atoms. The lowest BCUT2D eigenvalue weighted by atomic mass is 9.86. The van der Waals surface area contributed by atoms with Gasteiger partial charge in [-0.3, -0.25) is 4.98 Å². The van der Waals surface area contributed by atoms with Crippen molar-refractivity contribution in [3.8, 4) is 17.3 Å². The Bertz CT molecular complexity index is 951. The zero-order chi connectivity index (χ0) is 16.6. The van der Waals surface area contributed by atoms with Gasteiger partial charge in [0.05, 0.1) is 17.3 Å². The molecule has 0 unspecified atom stereocenters. The molecule has 0 bridgehead atoms. The van der Waals surface area contributed by atoms with Gasteiger partial charge in [0.2, 0.25) is 0 Å². The summed E-state index contributed by atoms with van der Waals surface area (Å²) in [4.78, 5) is 5.92. The number of thioether (sulfide) groups is 1. The van der Waals surface area contributed by atoms with Crippen LogP contribution in [0, 0.1) is 11.3 Å². The number of nitriles is 1. The molecule has 2 aromatic carbocycles. The fourth-order valence-electron chi connectivity index (χ4n) is 3.32. The number of benzene rings is 2. The zero-order valence-corrected chi connectivity index (χ0v) is 14.4. The van der Waals surface area contributed by atoms with Gasteiger partial charge in [-0.2, -0.15) is 5.26 Å². The predicted octanol–water partition coefficient (Wildman–Crippen LogP) is 5.81. The highest BCUT2D eigenvalue weighted by molar-refractivity contribution is 8.00. The molecular weight excluding hydrogens is 312 g/mol. The van der Waals surface area contributed by atoms with Gasteiger partial charge in [0, 0.05) is 26.8 Å². The van der Waals surface area contributed by atoms with E-state index in [9.17, 15) is 5.26 Å². The summed E-state index contributed by atoms with van der Waals surface area (Å²) >= 11 is 1.95. The van der Waals surface area contributed by atoms with Crippen LogP contribution in [0.25, 0.3) is 22.0 Å². The third-order valence-electron chi connectivity index (χ3n) is 4.84. The first-order valence-corrected chi connectivity index (χ1v) is 9.08. The van der Waals surface area contributed by atoms with E-state index < -0.39 is 0 Å². The van der Waals surface area contributed by atoms with Crippen molar-refractivity contribution in [2.75, 3.05) is 0 Å². The van der Waals surface area contributed by atoms with Gasteiger partial charge in [-0.25, -0.2) is 0 Å². The van der Waals surface area contributed by atoms with Crippen molar-refractivity contribution in [2.45, 2.75) is 35.8 Å². The van der Waals surface area contributed by atoms with Crippen LogP contribution in [0.2, 0.25) is 0 Å². The van der Waals surface area contributed by atoms with E-state index in [4.69, 9.17) is 4.98 Å². The van der Waals surface area contributed by atoms with Crippen molar-refractivity contribution in [1.82, 2.24) is 4.98 Å². The van der Waals surface area contributed by atoms with Crippen LogP contribution in [0.5, 0.6) is 0 Å². The maximum atomic E-state index is 9.37. The molecule has 0 radical (unpaired) electrons. The second kappa shape index (κ2) is 5.96. The second-order valence-electron chi connectivity index (χ2n) is 6.57. The fraction of sp³-hybridized carbons (Fsp3) is 0.238. The van der Waals surface area contributed by atoms with Crippen LogP contribution in [-0.4, -0.2) is 9.73 Å². The van der Waals surface area contributed by atoms with Crippen molar-refractivity contribution in [3.05, 3.63) is 60.3 Å². The van der Waals surface area contributed by atoms with Crippen LogP contribution in [-0.2, 0) is 0 Å². The molecule has 3 aromatic rings. The van der Waals surface area contributed by atoms with Crippen molar-refractivity contribution in [1.29, 1.82) is 5.26 Å². The van der Waals surface area contributed by atoms with Gasteiger partial charge in [-0.1, -0.05) is 43.7 Å². The second-order valence-corrected chi connectivity index (χ2v) is 8.20. The van der Waals surface area contributed by atoms with Gasteiger partial charge < -0.3 is 0 Å². The Balaban J connectivity index is 1.89. The average Bonchev–Trinajstić information content (AvgIpc) is 2.60. The van der Waals surface area contributed by atoms with Crippen molar-refractivity contribution in [3.63, 3.8) is 0 Å². The van der Waals surface area contributed by atoms with E-state index in [-0.39, 0.29) is 0 Å². The van der Waals surface area contributed by atoms with E-state index in [1.165, 1.54) is 24.2 Å². The Morgan fingerprint density at radius 1 is 1.04 bits per heavy atom. The minimum Gasteiger partial charge on any atom is -0.255 e. The lowest BCUT2D eigenvalue weighted by Gasteiger charge is -2.38. The van der Waals surface area contributed by atoms with Gasteiger partial charge >= 0.3 is 0 Å². The quantitative estimate of drug-likeness (QED) is 0.608. The standard InChI is InChI=1S/C21H18N2S/c1-21(11-5-12-21)24-19-8-4-13-23-20(19)18-10-9-15(14-22)16-6-2-3-7-17(16)18/h2-4,6-10,13H,5,11-12H2,1H3. The molecule has 1 aliphatic carbocycles. The largest absolute Gasteiger partial charge is 0.255 e. The van der Waals surface area contributed by atoms with Gasteiger partial charge in [0.15, 0.2) is 0 Å². The third kappa shape index (κ3) is 2.57. The van der Waals surface area contributed by atoms with Crippen molar-refractivity contribution >= 4 is 22.5 Å². The predicted molar refractivity (Wildman–Crippen MR) is 100 cm³/mol. The van der Waals surface area contributed by atoms with E-state index in [2.05, 4.69) is 25.1 Å². The molecule has 1 saturated carbocycles. The highest BCUT2D eigenvalue weighted by Crippen LogP contribution is 2.49. The third-order valence-corrected chi connectivity index (χ3v) is 6.29. The molecule has 1 aliphatic rings. The van der Waals surface area contributed by atoms with Crippen molar-refractivity contribution < 1.29 is 0 Å². The van der Waals surface area contributed by atoms with E-state index >= 15 is 0 Å². The monoisotopic (exact) mass is 330 g/mol. The highest BCUT2D eigenvalue weighted by atomic mass is 32.2. The maximum absolute atomic E-state index is 9.37. The Labute approximate surface area is 146 Å². The fourth-order valence-corrected chi connectivity index (χ4v) is 4.75. The summed E-state index contributed by atoms with van der Waals surface area (Å²) in [7, 11) is 0. The van der Waals surface area contributed by atoms with Crippen LogP contribution in [0.15, 0.2) is 59.6 Å². The first kappa shape index (κ1) is 15.2. The van der Waals surface area contributed by atoms with Gasteiger partial charge in [-0.05, 0) is 36.4 Å². The first-order valence-electron chi connectivity index (χ1n) is 8.26. The lowest BCUT2D eigenvalue weighted by Crippen LogP contribution is -2.28. The lowest BCUT2D eigenvalue weighted by molar-refractivity contribution is 0.392. The molecule has 1 aromatic heterocycles. The van der Waals surface area contributed by atoms with Crippen LogP contribution in [0.4, 0.5) is 0 Å². The van der Waals surface area contributed by atoms with E-state index in [1.54, 1.807) is 0 Å². The number of hydrogen-bond donors (Lipinski definition) is 0. The summed E-state index contributed by atoms with van der Waals surface area (Å²) in [6.07, 6.45) is 5.70. The molecule has 4 rings (SSSR count). The summed E-state index contributed by atoms with van der Waals surface area (Å²) in [6, 6.07) is 18.5. The Hall–Kier alpha value is -2.31. The van der Waals surface area contributed by atoms with Gasteiger partial charge in [0.1, 0.15) is 0 Å². The molecule has 1 fully saturated rings. The number of nitrogens with zero attached hydrogens (tertiary/aromatic N) is 2. The molecule has 2 nitrogen and oxygen atoms in total. The van der Waals surface area contributed by atoms with Gasteiger partial charge in [-0.15, -0.1) is 11.8 Å². The molecule has 118 valence electrons. The number of pyridine rings is 1. The van der Waals surface area contributed by atoms with Crippen molar-refractivity contribution in [2.24, 2.45) is 0 Å². The number of fused-ring (bicyclic) bond motifs is 1. The van der Waals surface area contributed by atoms with E-state index in [0.29, 0.717) is 10.3 Å². The summed E-state index contributed by atoms with van der Waals surface area (Å²) in [6.45, 7) is 2.34. The molecule has 0 amide bonds. The maximum Gasteiger partial charge on any atom is 0.0998 e. The molecule has 0 aliphatic heterocycles. The molecule has 0 N–H and O–H groups in total. The summed E-state index contributed by atoms with van der Waals surface area (Å²) < 4.78 is 0.334. The molecular formula is C21H18N2S. The highest BCUT2D eigenvalue weighted by Gasteiger charge is 2.33. The van der Waals surface area contributed by atoms with Gasteiger partial charge in [0.25, 0.3) is 0 Å². The minimum atomic E-state index is 0.334. The Morgan fingerprint density at radius 2 is 1.83 bits per heavy atom. The summed E-state index contributed by atoms with van der Waals surface area (Å²) in [5, 5.41) is 11.5. The average molecular weight is 330 g/mol. The number of aromatic nitrogens is 1. The normalized spacial score (nSPS) is 15.7. The first-order chi connectivity index (χ1) is 11.7. The van der Waals surface area contributed by atoms with Crippen LogP contribution >= 0.6 is 11.8 Å². The van der Waals surface area contributed by atoms with Crippen LogP contribution in [0.3, 0.4) is 0 Å². The topological polar surface area (TPSA) is 36.7 Å². The number of hydrogen-bond acceptors (Lipinski definition) is 3. The Kier molecular flexibility index (Phi) is 3.78. The molecule has 0 atom stereocenters. The molecule has 1 heterocycles. The smallest absolute Gasteiger partial charge is 0.0998 e. The van der Waals surface area contributed by atoms with E-state index in [0.717, 1.165) is 22.0 Å².